The van der Waals surface area contributed by atoms with Gasteiger partial charge in [0.2, 0.25) is 0 Å². The van der Waals surface area contributed by atoms with Gasteiger partial charge in [-0.1, -0.05) is 81.6 Å². The summed E-state index contributed by atoms with van der Waals surface area (Å²) in [6, 6.07) is 23.4. The zero-order chi connectivity index (χ0) is 29.9. The van der Waals surface area contributed by atoms with Crippen LogP contribution in [0.2, 0.25) is 0 Å². The van der Waals surface area contributed by atoms with Crippen LogP contribution in [0.25, 0.3) is 0 Å². The van der Waals surface area contributed by atoms with Crippen molar-refractivity contribution >= 4 is 0 Å². The van der Waals surface area contributed by atoms with Gasteiger partial charge >= 0.3 is 0 Å². The molecule has 0 heterocycles. The second-order valence-corrected chi connectivity index (χ2v) is 12.3. The molecular weight excluding hydrogens is 508 g/mol. The molecule has 0 radical (unpaired) electrons. The number of benzene rings is 4. The summed E-state index contributed by atoms with van der Waals surface area (Å²) in [5.41, 5.74) is 8.28. The predicted molar refractivity (Wildman–Crippen MR) is 167 cm³/mol. The lowest BCUT2D eigenvalue weighted by molar-refractivity contribution is 0.345. The topological polar surface area (TPSA) is 80.9 Å². The molecule has 216 valence electrons. The molecule has 0 spiro atoms. The Kier molecular flexibility index (Phi) is 8.72. The molecule has 4 nitrogen and oxygen atoms in total. The van der Waals surface area contributed by atoms with Crippen molar-refractivity contribution in [1.29, 1.82) is 0 Å². The lowest BCUT2D eigenvalue weighted by Gasteiger charge is -2.38. The van der Waals surface area contributed by atoms with Crippen LogP contribution in [0.4, 0.5) is 0 Å². The van der Waals surface area contributed by atoms with E-state index in [9.17, 15) is 20.4 Å². The van der Waals surface area contributed by atoms with Gasteiger partial charge < -0.3 is 20.4 Å². The fourth-order valence-corrected chi connectivity index (χ4v) is 6.26. The van der Waals surface area contributed by atoms with Crippen LogP contribution in [-0.4, -0.2) is 20.4 Å². The molecule has 4 heteroatoms. The van der Waals surface area contributed by atoms with Crippen molar-refractivity contribution in [1.82, 2.24) is 0 Å². The first-order chi connectivity index (χ1) is 19.3. The second-order valence-electron chi connectivity index (χ2n) is 12.3. The van der Waals surface area contributed by atoms with Crippen molar-refractivity contribution < 1.29 is 20.4 Å². The number of hydrogen-bond acceptors (Lipinski definition) is 4. The summed E-state index contributed by atoms with van der Waals surface area (Å²) in [5.74, 6) is 1.36. The molecule has 1 fully saturated rings. The number of phenols is 4. The summed E-state index contributed by atoms with van der Waals surface area (Å²) in [4.78, 5) is 0. The van der Waals surface area contributed by atoms with Crippen molar-refractivity contribution in [2.24, 2.45) is 0 Å². The van der Waals surface area contributed by atoms with Gasteiger partial charge in [-0.15, -0.1) is 0 Å². The number of phenolic OH excluding ortho intramolecular Hbond substituents is 4. The summed E-state index contributed by atoms with van der Waals surface area (Å²) in [7, 11) is 0. The van der Waals surface area contributed by atoms with Crippen LogP contribution in [0.15, 0.2) is 72.8 Å². The van der Waals surface area contributed by atoms with Crippen LogP contribution >= 0.6 is 0 Å². The zero-order valence-corrected chi connectivity index (χ0v) is 25.3. The highest BCUT2D eigenvalue weighted by Gasteiger charge is 2.35. The van der Waals surface area contributed by atoms with Crippen molar-refractivity contribution in [3.05, 3.63) is 117 Å². The molecule has 0 amide bonds. The summed E-state index contributed by atoms with van der Waals surface area (Å²) in [6.07, 6.45) is 5.99. The van der Waals surface area contributed by atoms with E-state index in [0.717, 1.165) is 35.1 Å². The van der Waals surface area contributed by atoms with E-state index in [-0.39, 0.29) is 10.8 Å². The van der Waals surface area contributed by atoms with Crippen LogP contribution in [0.3, 0.4) is 0 Å². The Labute approximate surface area is 245 Å². The van der Waals surface area contributed by atoms with Gasteiger partial charge in [0.05, 0.1) is 0 Å². The molecule has 1 aliphatic carbocycles. The van der Waals surface area contributed by atoms with E-state index in [0.29, 0.717) is 23.0 Å². The van der Waals surface area contributed by atoms with Crippen LogP contribution in [0.1, 0.15) is 90.5 Å². The standard InChI is InChI=1S/C19H24O2.C18H20O2/c1-11-7-15(8-12(2)17(11)20)19(5,6)16-9-13(3)18(21)14(4)10-16;19-16-8-4-14(5-9-16)18(12-2-1-3-13-18)15-6-10-17(20)11-7-15/h7-10,20-21H,1-6H3;4-11,19-20H,1-3,12-13H2. The Hall–Kier alpha value is -3.92. The predicted octanol–water partition coefficient (Wildman–Crippen LogP) is 9.01. The first kappa shape index (κ1) is 30.0. The first-order valence-corrected chi connectivity index (χ1v) is 14.6. The SMILES string of the molecule is Cc1cc(C(C)(C)c2cc(C)c(O)c(C)c2)cc(C)c1O.Oc1ccc(C2(c3ccc(O)cc3)CCCCC2)cc1. The quantitative estimate of drug-likeness (QED) is 0.204. The van der Waals surface area contributed by atoms with E-state index >= 15 is 0 Å². The highest BCUT2D eigenvalue weighted by Crippen LogP contribution is 2.45. The van der Waals surface area contributed by atoms with Crippen LogP contribution in [0, 0.1) is 27.7 Å². The van der Waals surface area contributed by atoms with Crippen molar-refractivity contribution in [3.8, 4) is 23.0 Å². The fourth-order valence-electron chi connectivity index (χ4n) is 6.26. The lowest BCUT2D eigenvalue weighted by atomic mass is 9.65. The van der Waals surface area contributed by atoms with Crippen molar-refractivity contribution in [2.45, 2.75) is 84.5 Å². The molecule has 0 unspecified atom stereocenters. The van der Waals surface area contributed by atoms with Gasteiger partial charge in [0.15, 0.2) is 0 Å². The van der Waals surface area contributed by atoms with Gasteiger partial charge in [0.1, 0.15) is 23.0 Å². The third-order valence-corrected chi connectivity index (χ3v) is 8.97. The van der Waals surface area contributed by atoms with Crippen LogP contribution < -0.4 is 0 Å². The molecule has 0 aliphatic heterocycles. The van der Waals surface area contributed by atoms with E-state index in [1.54, 1.807) is 24.3 Å². The molecule has 4 N–H and O–H groups in total. The largest absolute Gasteiger partial charge is 0.508 e. The van der Waals surface area contributed by atoms with Gasteiger partial charge in [-0.2, -0.15) is 0 Å². The van der Waals surface area contributed by atoms with Gasteiger partial charge in [0.25, 0.3) is 0 Å². The molecule has 0 atom stereocenters. The maximum atomic E-state index is 9.96. The van der Waals surface area contributed by atoms with E-state index in [4.69, 9.17) is 0 Å². The average Bonchev–Trinajstić information content (AvgIpc) is 2.95. The third-order valence-electron chi connectivity index (χ3n) is 8.97. The molecule has 41 heavy (non-hydrogen) atoms. The molecule has 0 saturated heterocycles. The summed E-state index contributed by atoms with van der Waals surface area (Å²) in [5, 5.41) is 38.9. The zero-order valence-electron chi connectivity index (χ0n) is 25.3. The minimum absolute atomic E-state index is 0.0274. The third kappa shape index (κ3) is 6.22. The Morgan fingerprint density at radius 2 is 0.829 bits per heavy atom. The summed E-state index contributed by atoms with van der Waals surface area (Å²) >= 11 is 0. The van der Waals surface area contributed by atoms with Gasteiger partial charge in [-0.05, 0) is 109 Å². The maximum Gasteiger partial charge on any atom is 0.121 e. The minimum atomic E-state index is -0.188. The number of aromatic hydroxyl groups is 4. The van der Waals surface area contributed by atoms with Crippen LogP contribution in [-0.2, 0) is 10.8 Å². The molecule has 0 aromatic heterocycles. The molecule has 4 aromatic carbocycles. The normalized spacial score (nSPS) is 14.7. The van der Waals surface area contributed by atoms with Crippen molar-refractivity contribution in [3.63, 3.8) is 0 Å². The van der Waals surface area contributed by atoms with Gasteiger partial charge in [-0.25, -0.2) is 0 Å². The van der Waals surface area contributed by atoms with E-state index < -0.39 is 0 Å². The van der Waals surface area contributed by atoms with E-state index in [1.165, 1.54) is 41.5 Å². The first-order valence-electron chi connectivity index (χ1n) is 14.6. The Morgan fingerprint density at radius 1 is 0.512 bits per heavy atom. The van der Waals surface area contributed by atoms with Crippen molar-refractivity contribution in [2.75, 3.05) is 0 Å². The summed E-state index contributed by atoms with van der Waals surface area (Å²) < 4.78 is 0. The molecular formula is C37H44O4. The molecule has 4 aromatic rings. The highest BCUT2D eigenvalue weighted by atomic mass is 16.3. The Morgan fingerprint density at radius 3 is 1.15 bits per heavy atom. The maximum absolute atomic E-state index is 9.96. The second kappa shape index (κ2) is 11.9. The average molecular weight is 553 g/mol. The van der Waals surface area contributed by atoms with E-state index in [2.05, 4.69) is 13.8 Å². The molecule has 5 rings (SSSR count). The van der Waals surface area contributed by atoms with Gasteiger partial charge in [0, 0.05) is 10.8 Å². The Balaban J connectivity index is 0.000000189. The lowest BCUT2D eigenvalue weighted by Crippen LogP contribution is -2.30. The fraction of sp³-hybridized carbons (Fsp3) is 0.351. The molecule has 0 bridgehead atoms. The highest BCUT2D eigenvalue weighted by molar-refractivity contribution is 5.51. The number of rotatable bonds is 4. The molecule has 1 aliphatic rings. The number of aryl methyl sites for hydroxylation is 4. The molecule has 1 saturated carbocycles. The minimum Gasteiger partial charge on any atom is -0.508 e. The van der Waals surface area contributed by atoms with Gasteiger partial charge in [-0.3, -0.25) is 0 Å². The van der Waals surface area contributed by atoms with Crippen LogP contribution in [0.5, 0.6) is 23.0 Å². The smallest absolute Gasteiger partial charge is 0.121 e. The van der Waals surface area contributed by atoms with E-state index in [1.807, 2.05) is 76.2 Å². The monoisotopic (exact) mass is 552 g/mol. The Bertz CT molecular complexity index is 1340. The summed E-state index contributed by atoms with van der Waals surface area (Å²) in [6.45, 7) is 12.0. The number of hydrogen-bond donors (Lipinski definition) is 4.